The van der Waals surface area contributed by atoms with Gasteiger partial charge in [0.2, 0.25) is 5.89 Å². The van der Waals surface area contributed by atoms with Crippen LogP contribution in [0.15, 0.2) is 167 Å². The minimum Gasteiger partial charge on any atom is -0.456 e. The van der Waals surface area contributed by atoms with E-state index in [1.807, 2.05) is 42.5 Å². The van der Waals surface area contributed by atoms with Gasteiger partial charge in [-0.1, -0.05) is 97.1 Å². The average Bonchev–Trinajstić information content (AvgIpc) is 3.75. The molecule has 0 saturated heterocycles. The van der Waals surface area contributed by atoms with Gasteiger partial charge in [-0.05, 0) is 82.2 Å². The highest BCUT2D eigenvalue weighted by Crippen LogP contribution is 2.43. The molecule has 10 aromatic rings. The van der Waals surface area contributed by atoms with Crippen LogP contribution in [0.2, 0.25) is 0 Å². The maximum Gasteiger partial charge on any atom is 0.227 e. The quantitative estimate of drug-likeness (QED) is 0.188. The Balaban J connectivity index is 1.25. The molecule has 0 aliphatic heterocycles. The van der Waals surface area contributed by atoms with Crippen molar-refractivity contribution in [2.45, 2.75) is 0 Å². The molecule has 10 rings (SSSR count). The van der Waals surface area contributed by atoms with Crippen LogP contribution in [0.4, 0.5) is 17.1 Å². The van der Waals surface area contributed by atoms with E-state index in [9.17, 15) is 0 Å². The van der Waals surface area contributed by atoms with E-state index in [0.29, 0.717) is 5.89 Å². The molecular formula is C43H26N2O2. The zero-order valence-corrected chi connectivity index (χ0v) is 25.2. The summed E-state index contributed by atoms with van der Waals surface area (Å²) in [5.74, 6) is 0.629. The number of anilines is 3. The first-order chi connectivity index (χ1) is 23.3. The Hall–Kier alpha value is -6.39. The van der Waals surface area contributed by atoms with Gasteiger partial charge >= 0.3 is 0 Å². The predicted octanol–water partition coefficient (Wildman–Crippen LogP) is 12.3. The monoisotopic (exact) mass is 602 g/mol. The van der Waals surface area contributed by atoms with Gasteiger partial charge < -0.3 is 13.7 Å². The van der Waals surface area contributed by atoms with Crippen molar-refractivity contribution < 1.29 is 8.83 Å². The van der Waals surface area contributed by atoms with E-state index in [1.54, 1.807) is 0 Å². The van der Waals surface area contributed by atoms with Crippen molar-refractivity contribution in [3.63, 3.8) is 0 Å². The summed E-state index contributed by atoms with van der Waals surface area (Å²) in [5, 5.41) is 8.99. The summed E-state index contributed by atoms with van der Waals surface area (Å²) in [4.78, 5) is 7.41. The Labute approximate surface area is 269 Å². The molecule has 8 aromatic carbocycles. The van der Waals surface area contributed by atoms with E-state index in [-0.39, 0.29) is 0 Å². The number of oxazole rings is 1. The molecule has 47 heavy (non-hydrogen) atoms. The summed E-state index contributed by atoms with van der Waals surface area (Å²) in [6, 6.07) is 55.0. The fraction of sp³-hybridized carbons (Fsp3) is 0. The van der Waals surface area contributed by atoms with Crippen LogP contribution in [0.1, 0.15) is 0 Å². The van der Waals surface area contributed by atoms with E-state index < -0.39 is 0 Å². The number of benzene rings is 8. The fourth-order valence-electron chi connectivity index (χ4n) is 7.10. The number of para-hydroxylation sites is 2. The first kappa shape index (κ1) is 25.9. The van der Waals surface area contributed by atoms with Gasteiger partial charge in [-0.25, -0.2) is 4.98 Å². The van der Waals surface area contributed by atoms with Gasteiger partial charge in [0.05, 0.1) is 0 Å². The normalized spacial score (nSPS) is 11.8. The van der Waals surface area contributed by atoms with Gasteiger partial charge in [-0.3, -0.25) is 0 Å². The molecule has 0 aliphatic rings. The molecule has 0 bridgehead atoms. The highest BCUT2D eigenvalue weighted by Gasteiger charge is 2.20. The summed E-state index contributed by atoms with van der Waals surface area (Å²) in [5.41, 5.74) is 7.63. The van der Waals surface area contributed by atoms with Crippen LogP contribution < -0.4 is 4.90 Å². The van der Waals surface area contributed by atoms with Gasteiger partial charge in [-0.15, -0.1) is 0 Å². The SMILES string of the molecule is c1ccc(-c2nc3c4ccc5ccc(N(c6ccccc6)c6ccc7oc8ccccc8c7c6)cc5c4c4ccccc4c3o2)cc1. The van der Waals surface area contributed by atoms with E-state index in [1.165, 1.54) is 10.8 Å². The van der Waals surface area contributed by atoms with Crippen molar-refractivity contribution in [2.24, 2.45) is 0 Å². The van der Waals surface area contributed by atoms with Crippen LogP contribution in [-0.2, 0) is 0 Å². The Morgan fingerprint density at radius 1 is 0.426 bits per heavy atom. The third kappa shape index (κ3) is 3.98. The number of rotatable bonds is 4. The van der Waals surface area contributed by atoms with Crippen molar-refractivity contribution in [3.8, 4) is 11.5 Å². The molecule has 0 saturated carbocycles. The molecular weight excluding hydrogens is 576 g/mol. The largest absolute Gasteiger partial charge is 0.456 e. The summed E-state index contributed by atoms with van der Waals surface area (Å²) >= 11 is 0. The van der Waals surface area contributed by atoms with E-state index in [0.717, 1.165) is 77.2 Å². The van der Waals surface area contributed by atoms with E-state index in [4.69, 9.17) is 13.8 Å². The van der Waals surface area contributed by atoms with Crippen molar-refractivity contribution in [1.82, 2.24) is 4.98 Å². The summed E-state index contributed by atoms with van der Waals surface area (Å²) < 4.78 is 12.7. The van der Waals surface area contributed by atoms with Crippen LogP contribution in [0.25, 0.3) is 76.8 Å². The molecule has 0 radical (unpaired) electrons. The number of hydrogen-bond donors (Lipinski definition) is 0. The summed E-state index contributed by atoms with van der Waals surface area (Å²) in [7, 11) is 0. The molecule has 0 atom stereocenters. The molecule has 0 N–H and O–H groups in total. The number of hydrogen-bond acceptors (Lipinski definition) is 4. The summed E-state index contributed by atoms with van der Waals surface area (Å²) in [6.45, 7) is 0. The second-order valence-corrected chi connectivity index (χ2v) is 12.0. The second kappa shape index (κ2) is 10.1. The van der Waals surface area contributed by atoms with Gasteiger partial charge in [0.25, 0.3) is 0 Å². The van der Waals surface area contributed by atoms with Crippen molar-refractivity contribution in [1.29, 1.82) is 0 Å². The Morgan fingerprint density at radius 3 is 1.89 bits per heavy atom. The molecule has 4 heteroatoms. The highest BCUT2D eigenvalue weighted by molar-refractivity contribution is 6.30. The van der Waals surface area contributed by atoms with Gasteiger partial charge in [0.1, 0.15) is 16.7 Å². The lowest BCUT2D eigenvalue weighted by atomic mass is 9.95. The number of fused-ring (bicyclic) bond motifs is 11. The average molecular weight is 603 g/mol. The molecule has 0 amide bonds. The highest BCUT2D eigenvalue weighted by atomic mass is 16.3. The Morgan fingerprint density at radius 2 is 1.06 bits per heavy atom. The number of nitrogens with zero attached hydrogens (tertiary/aromatic N) is 2. The first-order valence-electron chi connectivity index (χ1n) is 15.8. The maximum atomic E-state index is 6.50. The molecule has 0 unspecified atom stereocenters. The zero-order chi connectivity index (χ0) is 30.9. The van der Waals surface area contributed by atoms with E-state index >= 15 is 0 Å². The fourth-order valence-corrected chi connectivity index (χ4v) is 7.10. The molecule has 0 aliphatic carbocycles. The second-order valence-electron chi connectivity index (χ2n) is 12.0. The minimum atomic E-state index is 0.629. The van der Waals surface area contributed by atoms with E-state index in [2.05, 4.69) is 120 Å². The van der Waals surface area contributed by atoms with Crippen LogP contribution in [0, 0.1) is 0 Å². The topological polar surface area (TPSA) is 42.4 Å². The number of aromatic nitrogens is 1. The third-order valence-electron chi connectivity index (χ3n) is 9.24. The predicted molar refractivity (Wildman–Crippen MR) is 194 cm³/mol. The zero-order valence-electron chi connectivity index (χ0n) is 25.2. The smallest absolute Gasteiger partial charge is 0.227 e. The molecule has 2 aromatic heterocycles. The van der Waals surface area contributed by atoms with Crippen molar-refractivity contribution >= 4 is 82.4 Å². The maximum absolute atomic E-state index is 6.50. The first-order valence-corrected chi connectivity index (χ1v) is 15.8. The molecule has 0 fully saturated rings. The van der Waals surface area contributed by atoms with Crippen molar-refractivity contribution in [2.75, 3.05) is 4.90 Å². The van der Waals surface area contributed by atoms with Crippen LogP contribution >= 0.6 is 0 Å². The molecule has 4 nitrogen and oxygen atoms in total. The summed E-state index contributed by atoms with van der Waals surface area (Å²) in [6.07, 6.45) is 0. The lowest BCUT2D eigenvalue weighted by Gasteiger charge is -2.26. The Kier molecular flexibility index (Phi) is 5.54. The van der Waals surface area contributed by atoms with Crippen molar-refractivity contribution in [3.05, 3.63) is 158 Å². The van der Waals surface area contributed by atoms with Gasteiger partial charge in [-0.2, -0.15) is 0 Å². The number of furan rings is 1. The molecule has 0 spiro atoms. The van der Waals surface area contributed by atoms with Gasteiger partial charge in [0.15, 0.2) is 5.58 Å². The lowest BCUT2D eigenvalue weighted by Crippen LogP contribution is -2.09. The van der Waals surface area contributed by atoms with Crippen LogP contribution in [0.5, 0.6) is 0 Å². The van der Waals surface area contributed by atoms with Gasteiger partial charge in [0, 0.05) is 44.2 Å². The van der Waals surface area contributed by atoms with Crippen LogP contribution in [0.3, 0.4) is 0 Å². The van der Waals surface area contributed by atoms with Crippen LogP contribution in [-0.4, -0.2) is 4.98 Å². The lowest BCUT2D eigenvalue weighted by molar-refractivity contribution is 0.623. The third-order valence-corrected chi connectivity index (χ3v) is 9.24. The standard InChI is InChI=1S/C43H26N2O2/c1-3-11-28(12-4-1)43-44-41-35-23-20-27-19-21-30(25-36(27)40(35)33-16-7-8-17-34(33)42(41)47-43)45(29-13-5-2-6-14-29)31-22-24-39-37(26-31)32-15-9-10-18-38(32)46-39/h1-26H. The molecule has 2 heterocycles. The molecule has 220 valence electrons. The Bertz CT molecular complexity index is 2800. The minimum absolute atomic E-state index is 0.629.